The van der Waals surface area contributed by atoms with Gasteiger partial charge in [0.05, 0.1) is 0 Å². The van der Waals surface area contributed by atoms with Crippen LogP contribution < -0.4 is 4.74 Å². The Bertz CT molecular complexity index is 375. The first-order valence-electron chi connectivity index (χ1n) is 6.18. The Morgan fingerprint density at radius 1 is 1.29 bits per heavy atom. The lowest BCUT2D eigenvalue weighted by molar-refractivity contribution is -0.121. The van der Waals surface area contributed by atoms with Crippen molar-refractivity contribution in [1.82, 2.24) is 0 Å². The number of ether oxygens (including phenoxy) is 1. The molecule has 0 atom stereocenters. The predicted molar refractivity (Wildman–Crippen MR) is 70.6 cm³/mol. The van der Waals surface area contributed by atoms with E-state index >= 15 is 0 Å². The molecule has 0 spiro atoms. The van der Waals surface area contributed by atoms with Crippen LogP contribution in [0.5, 0.6) is 5.75 Å². The lowest BCUT2D eigenvalue weighted by atomic mass is 9.87. The molecule has 1 rings (SSSR count). The molecule has 0 aliphatic rings. The number of carbonyl (C=O) groups excluding carboxylic acids is 1. The summed E-state index contributed by atoms with van der Waals surface area (Å²) in [6.45, 7) is 8.66. The summed E-state index contributed by atoms with van der Waals surface area (Å²) in [6, 6.07) is 7.97. The van der Waals surface area contributed by atoms with Gasteiger partial charge < -0.3 is 4.74 Å². The van der Waals surface area contributed by atoms with Crippen LogP contribution in [0.4, 0.5) is 0 Å². The van der Waals surface area contributed by atoms with Crippen LogP contribution >= 0.6 is 0 Å². The van der Waals surface area contributed by atoms with E-state index in [0.29, 0.717) is 6.42 Å². The number of benzene rings is 1. The number of rotatable bonds is 5. The molecule has 1 aromatic carbocycles. The van der Waals surface area contributed by atoms with Gasteiger partial charge in [-0.05, 0) is 29.5 Å². The maximum atomic E-state index is 11.4. The van der Waals surface area contributed by atoms with E-state index in [1.165, 1.54) is 5.56 Å². The highest BCUT2D eigenvalue weighted by molar-refractivity contribution is 5.79. The first-order chi connectivity index (χ1) is 7.93. The average Bonchev–Trinajstić information content (AvgIpc) is 2.26. The zero-order valence-electron chi connectivity index (χ0n) is 11.2. The molecule has 0 radical (unpaired) electrons. The van der Waals surface area contributed by atoms with E-state index in [9.17, 15) is 4.79 Å². The molecule has 17 heavy (non-hydrogen) atoms. The number of ketones is 1. The highest BCUT2D eigenvalue weighted by Crippen LogP contribution is 2.25. The van der Waals surface area contributed by atoms with Crippen molar-refractivity contribution in [3.63, 3.8) is 0 Å². The van der Waals surface area contributed by atoms with E-state index in [1.807, 2.05) is 25.1 Å². The van der Waals surface area contributed by atoms with Gasteiger partial charge in [0.25, 0.3) is 0 Å². The highest BCUT2D eigenvalue weighted by atomic mass is 16.5. The molecule has 94 valence electrons. The maximum Gasteiger partial charge on any atom is 0.170 e. The second-order valence-electron chi connectivity index (χ2n) is 5.36. The third-order valence-electron chi connectivity index (χ3n) is 2.63. The molecule has 0 aromatic heterocycles. The Hall–Kier alpha value is -1.31. The van der Waals surface area contributed by atoms with Crippen molar-refractivity contribution >= 4 is 5.78 Å². The van der Waals surface area contributed by atoms with E-state index in [1.54, 1.807) is 0 Å². The Labute approximate surface area is 104 Å². The molecule has 0 fully saturated rings. The Balaban J connectivity index is 2.64. The summed E-state index contributed by atoms with van der Waals surface area (Å²) < 4.78 is 5.51. The fourth-order valence-corrected chi connectivity index (χ4v) is 1.57. The lowest BCUT2D eigenvalue weighted by Gasteiger charge is -2.19. The van der Waals surface area contributed by atoms with Crippen LogP contribution in [0.2, 0.25) is 0 Å². The SMILES string of the molecule is CCCC(=O)COc1cccc(C(C)(C)C)c1. The summed E-state index contributed by atoms with van der Waals surface area (Å²) in [7, 11) is 0. The van der Waals surface area contributed by atoms with Crippen molar-refractivity contribution in [3.05, 3.63) is 29.8 Å². The van der Waals surface area contributed by atoms with Crippen LogP contribution in [0, 0.1) is 0 Å². The summed E-state index contributed by atoms with van der Waals surface area (Å²) in [4.78, 5) is 11.4. The summed E-state index contributed by atoms with van der Waals surface area (Å²) in [6.07, 6.45) is 1.48. The highest BCUT2D eigenvalue weighted by Gasteiger charge is 2.14. The number of carbonyl (C=O) groups is 1. The topological polar surface area (TPSA) is 26.3 Å². The molecular formula is C15H22O2. The minimum atomic E-state index is 0.104. The van der Waals surface area contributed by atoms with E-state index in [-0.39, 0.29) is 17.8 Å². The van der Waals surface area contributed by atoms with Gasteiger partial charge in [-0.25, -0.2) is 0 Å². The lowest BCUT2D eigenvalue weighted by Crippen LogP contribution is -2.13. The smallest absolute Gasteiger partial charge is 0.170 e. The third-order valence-corrected chi connectivity index (χ3v) is 2.63. The zero-order chi connectivity index (χ0) is 12.9. The van der Waals surface area contributed by atoms with E-state index < -0.39 is 0 Å². The molecule has 0 saturated carbocycles. The van der Waals surface area contributed by atoms with E-state index in [0.717, 1.165) is 12.2 Å². The number of hydrogen-bond acceptors (Lipinski definition) is 2. The Kier molecular flexibility index (Phi) is 4.73. The molecule has 0 heterocycles. The van der Waals surface area contributed by atoms with Crippen molar-refractivity contribution < 1.29 is 9.53 Å². The van der Waals surface area contributed by atoms with Crippen LogP contribution in [0.25, 0.3) is 0 Å². The molecule has 0 aliphatic heterocycles. The van der Waals surface area contributed by atoms with E-state index in [4.69, 9.17) is 4.74 Å². The first kappa shape index (κ1) is 13.8. The predicted octanol–water partition coefficient (Wildman–Crippen LogP) is 3.73. The van der Waals surface area contributed by atoms with Crippen LogP contribution in [-0.2, 0) is 10.2 Å². The summed E-state index contributed by atoms with van der Waals surface area (Å²) in [5.41, 5.74) is 1.32. The van der Waals surface area contributed by atoms with Gasteiger partial charge in [-0.2, -0.15) is 0 Å². The second kappa shape index (κ2) is 5.85. The average molecular weight is 234 g/mol. The van der Waals surface area contributed by atoms with Crippen LogP contribution in [-0.4, -0.2) is 12.4 Å². The Morgan fingerprint density at radius 2 is 2.00 bits per heavy atom. The molecule has 0 amide bonds. The van der Waals surface area contributed by atoms with Crippen LogP contribution in [0.3, 0.4) is 0 Å². The van der Waals surface area contributed by atoms with Crippen molar-refractivity contribution in [3.8, 4) is 5.75 Å². The van der Waals surface area contributed by atoms with Crippen molar-refractivity contribution in [2.75, 3.05) is 6.61 Å². The second-order valence-corrected chi connectivity index (χ2v) is 5.36. The fraction of sp³-hybridized carbons (Fsp3) is 0.533. The molecular weight excluding hydrogens is 212 g/mol. The van der Waals surface area contributed by atoms with Gasteiger partial charge in [-0.3, -0.25) is 4.79 Å². The standard InChI is InChI=1S/C15H22O2/c1-5-7-13(16)11-17-14-9-6-8-12(10-14)15(2,3)4/h6,8-10H,5,7,11H2,1-4H3. The molecule has 0 aliphatic carbocycles. The molecule has 0 bridgehead atoms. The van der Waals surface area contributed by atoms with Gasteiger partial charge in [-0.15, -0.1) is 0 Å². The van der Waals surface area contributed by atoms with E-state index in [2.05, 4.69) is 26.8 Å². The quantitative estimate of drug-likeness (QED) is 0.776. The molecule has 0 saturated heterocycles. The number of Topliss-reactive ketones (excluding diaryl/α,β-unsaturated/α-hetero) is 1. The normalized spacial score (nSPS) is 11.3. The first-order valence-corrected chi connectivity index (χ1v) is 6.18. The molecule has 2 heteroatoms. The van der Waals surface area contributed by atoms with Crippen LogP contribution in [0.1, 0.15) is 46.1 Å². The van der Waals surface area contributed by atoms with Gasteiger partial charge in [-0.1, -0.05) is 39.8 Å². The van der Waals surface area contributed by atoms with Crippen molar-refractivity contribution in [2.24, 2.45) is 0 Å². The van der Waals surface area contributed by atoms with Gasteiger partial charge in [0.1, 0.15) is 12.4 Å². The molecule has 2 nitrogen and oxygen atoms in total. The fourth-order valence-electron chi connectivity index (χ4n) is 1.57. The van der Waals surface area contributed by atoms with Crippen LogP contribution in [0.15, 0.2) is 24.3 Å². The summed E-state index contributed by atoms with van der Waals surface area (Å²) in [5.74, 6) is 0.940. The molecule has 0 unspecified atom stereocenters. The molecule has 0 N–H and O–H groups in total. The third kappa shape index (κ3) is 4.59. The zero-order valence-corrected chi connectivity index (χ0v) is 11.2. The minimum Gasteiger partial charge on any atom is -0.486 e. The maximum absolute atomic E-state index is 11.4. The number of hydrogen-bond donors (Lipinski definition) is 0. The van der Waals surface area contributed by atoms with Gasteiger partial charge in [0.15, 0.2) is 5.78 Å². The molecule has 1 aromatic rings. The monoisotopic (exact) mass is 234 g/mol. The van der Waals surface area contributed by atoms with Crippen molar-refractivity contribution in [2.45, 2.75) is 46.0 Å². The summed E-state index contributed by atoms with van der Waals surface area (Å²) >= 11 is 0. The van der Waals surface area contributed by atoms with Gasteiger partial charge in [0, 0.05) is 6.42 Å². The Morgan fingerprint density at radius 3 is 2.59 bits per heavy atom. The largest absolute Gasteiger partial charge is 0.486 e. The van der Waals surface area contributed by atoms with Crippen molar-refractivity contribution in [1.29, 1.82) is 0 Å². The van der Waals surface area contributed by atoms with Gasteiger partial charge >= 0.3 is 0 Å². The minimum absolute atomic E-state index is 0.104. The summed E-state index contributed by atoms with van der Waals surface area (Å²) in [5, 5.41) is 0. The van der Waals surface area contributed by atoms with Gasteiger partial charge in [0.2, 0.25) is 0 Å².